The lowest BCUT2D eigenvalue weighted by Crippen LogP contribution is -2.08. The Morgan fingerprint density at radius 3 is 3.00 bits per heavy atom. The molecular formula is C10H15NO3S. The zero-order valence-electron chi connectivity index (χ0n) is 9.15. The maximum Gasteiger partial charge on any atom is 0.306 e. The number of nitrogens with zero attached hydrogens (tertiary/aromatic N) is 1. The second-order valence-corrected chi connectivity index (χ2v) is 4.68. The molecule has 1 aromatic heterocycles. The molecule has 15 heavy (non-hydrogen) atoms. The maximum atomic E-state index is 11.0. The Hall–Kier alpha value is -0.970. The van der Waals surface area contributed by atoms with Crippen molar-refractivity contribution in [2.24, 2.45) is 0 Å². The predicted octanol–water partition coefficient (Wildman–Crippen LogP) is 2.17. The van der Waals surface area contributed by atoms with Gasteiger partial charge in [0.1, 0.15) is 5.76 Å². The van der Waals surface area contributed by atoms with E-state index in [9.17, 15) is 4.79 Å². The van der Waals surface area contributed by atoms with Crippen molar-refractivity contribution in [3.8, 4) is 0 Å². The van der Waals surface area contributed by atoms with Gasteiger partial charge in [0.05, 0.1) is 19.2 Å². The van der Waals surface area contributed by atoms with Crippen LogP contribution in [-0.2, 0) is 15.3 Å². The molecule has 0 spiro atoms. The summed E-state index contributed by atoms with van der Waals surface area (Å²) in [4.78, 5) is 15.1. The van der Waals surface area contributed by atoms with Gasteiger partial charge in [-0.05, 0) is 6.92 Å². The standard InChI is InChI=1S/C10H15NO3S/c1-7(4-10(12)13-3)15-5-9-8(2)14-6-11-9/h6-7H,4-5H2,1-3H3. The Labute approximate surface area is 93.4 Å². The number of oxazole rings is 1. The van der Waals surface area contributed by atoms with Crippen LogP contribution in [0, 0.1) is 6.92 Å². The molecule has 84 valence electrons. The van der Waals surface area contributed by atoms with E-state index in [1.807, 2.05) is 13.8 Å². The van der Waals surface area contributed by atoms with Crippen LogP contribution in [0.5, 0.6) is 0 Å². The lowest BCUT2D eigenvalue weighted by atomic mass is 10.3. The number of ether oxygens (including phenoxy) is 1. The zero-order valence-corrected chi connectivity index (χ0v) is 9.97. The smallest absolute Gasteiger partial charge is 0.306 e. The summed E-state index contributed by atoms with van der Waals surface area (Å²) in [7, 11) is 1.40. The molecule has 1 heterocycles. The van der Waals surface area contributed by atoms with Crippen molar-refractivity contribution in [1.82, 2.24) is 4.98 Å². The fourth-order valence-electron chi connectivity index (χ4n) is 1.07. The van der Waals surface area contributed by atoms with Crippen molar-refractivity contribution in [3.05, 3.63) is 17.8 Å². The van der Waals surface area contributed by atoms with Crippen LogP contribution < -0.4 is 0 Å². The first kappa shape index (κ1) is 12.1. The van der Waals surface area contributed by atoms with Crippen LogP contribution in [-0.4, -0.2) is 23.3 Å². The van der Waals surface area contributed by atoms with Crippen molar-refractivity contribution < 1.29 is 13.9 Å². The summed E-state index contributed by atoms with van der Waals surface area (Å²) in [6.07, 6.45) is 1.87. The van der Waals surface area contributed by atoms with Gasteiger partial charge in [0, 0.05) is 11.0 Å². The topological polar surface area (TPSA) is 52.3 Å². The minimum atomic E-state index is -0.174. The van der Waals surface area contributed by atoms with Crippen molar-refractivity contribution in [2.75, 3.05) is 7.11 Å². The summed E-state index contributed by atoms with van der Waals surface area (Å²) >= 11 is 1.67. The number of aromatic nitrogens is 1. The van der Waals surface area contributed by atoms with Crippen LogP contribution in [0.1, 0.15) is 24.8 Å². The zero-order chi connectivity index (χ0) is 11.3. The van der Waals surface area contributed by atoms with E-state index in [1.165, 1.54) is 13.5 Å². The summed E-state index contributed by atoms with van der Waals surface area (Å²) in [6, 6.07) is 0. The molecule has 0 aliphatic rings. The van der Waals surface area contributed by atoms with Gasteiger partial charge in [0.2, 0.25) is 0 Å². The summed E-state index contributed by atoms with van der Waals surface area (Å²) in [6.45, 7) is 3.88. The molecule has 1 aromatic rings. The van der Waals surface area contributed by atoms with Gasteiger partial charge >= 0.3 is 5.97 Å². The van der Waals surface area contributed by atoms with Gasteiger partial charge in [-0.25, -0.2) is 4.98 Å². The van der Waals surface area contributed by atoms with Crippen LogP contribution in [0.3, 0.4) is 0 Å². The molecule has 5 heteroatoms. The van der Waals surface area contributed by atoms with Crippen molar-refractivity contribution in [1.29, 1.82) is 0 Å². The summed E-state index contributed by atoms with van der Waals surface area (Å²) in [5, 5.41) is 0.230. The number of hydrogen-bond acceptors (Lipinski definition) is 5. The number of carbonyl (C=O) groups excluding carboxylic acids is 1. The maximum absolute atomic E-state index is 11.0. The molecule has 0 amide bonds. The SMILES string of the molecule is COC(=O)CC(C)SCc1ncoc1C. The predicted molar refractivity (Wildman–Crippen MR) is 58.6 cm³/mol. The molecule has 0 aliphatic carbocycles. The van der Waals surface area contributed by atoms with E-state index in [2.05, 4.69) is 9.72 Å². The first-order chi connectivity index (χ1) is 7.13. The van der Waals surface area contributed by atoms with Gasteiger partial charge < -0.3 is 9.15 Å². The van der Waals surface area contributed by atoms with E-state index in [0.29, 0.717) is 6.42 Å². The number of carbonyl (C=O) groups is 1. The van der Waals surface area contributed by atoms with E-state index in [0.717, 1.165) is 17.2 Å². The summed E-state index contributed by atoms with van der Waals surface area (Å²) in [5.41, 5.74) is 0.941. The fourth-order valence-corrected chi connectivity index (χ4v) is 2.04. The molecule has 0 saturated carbocycles. The largest absolute Gasteiger partial charge is 0.469 e. The summed E-state index contributed by atoms with van der Waals surface area (Å²) in [5.74, 6) is 1.43. The van der Waals surface area contributed by atoms with E-state index >= 15 is 0 Å². The molecule has 1 rings (SSSR count). The molecule has 0 fully saturated rings. The highest BCUT2D eigenvalue weighted by Gasteiger charge is 2.11. The number of methoxy groups -OCH3 is 1. The monoisotopic (exact) mass is 229 g/mol. The number of thioether (sulfide) groups is 1. The Morgan fingerprint density at radius 2 is 2.47 bits per heavy atom. The number of esters is 1. The van der Waals surface area contributed by atoms with Crippen LogP contribution in [0.2, 0.25) is 0 Å². The normalized spacial score (nSPS) is 12.5. The molecule has 0 radical (unpaired) electrons. The molecule has 0 N–H and O–H groups in total. The average molecular weight is 229 g/mol. The van der Waals surface area contributed by atoms with Gasteiger partial charge in [-0.1, -0.05) is 6.92 Å². The van der Waals surface area contributed by atoms with Crippen LogP contribution in [0.4, 0.5) is 0 Å². The van der Waals surface area contributed by atoms with Gasteiger partial charge in [0.15, 0.2) is 6.39 Å². The van der Waals surface area contributed by atoms with Crippen molar-refractivity contribution >= 4 is 17.7 Å². The fraction of sp³-hybridized carbons (Fsp3) is 0.600. The molecule has 0 bridgehead atoms. The van der Waals surface area contributed by atoms with Crippen molar-refractivity contribution in [3.63, 3.8) is 0 Å². The van der Waals surface area contributed by atoms with Crippen LogP contribution >= 0.6 is 11.8 Å². The Morgan fingerprint density at radius 1 is 1.73 bits per heavy atom. The minimum Gasteiger partial charge on any atom is -0.469 e. The second kappa shape index (κ2) is 5.80. The van der Waals surface area contributed by atoms with E-state index in [1.54, 1.807) is 11.8 Å². The molecule has 0 saturated heterocycles. The third kappa shape index (κ3) is 3.95. The first-order valence-electron chi connectivity index (χ1n) is 4.71. The molecule has 0 aliphatic heterocycles. The Bertz CT molecular complexity index is 324. The number of rotatable bonds is 5. The van der Waals surface area contributed by atoms with E-state index in [4.69, 9.17) is 4.42 Å². The highest BCUT2D eigenvalue weighted by molar-refractivity contribution is 7.99. The van der Waals surface area contributed by atoms with Crippen LogP contribution in [0.25, 0.3) is 0 Å². The van der Waals surface area contributed by atoms with Gasteiger partial charge in [-0.2, -0.15) is 11.8 Å². The highest BCUT2D eigenvalue weighted by Crippen LogP contribution is 2.21. The number of hydrogen-bond donors (Lipinski definition) is 0. The second-order valence-electron chi connectivity index (χ2n) is 3.26. The molecular weight excluding hydrogens is 214 g/mol. The molecule has 1 unspecified atom stereocenters. The van der Waals surface area contributed by atoms with E-state index in [-0.39, 0.29) is 11.2 Å². The highest BCUT2D eigenvalue weighted by atomic mass is 32.2. The number of aryl methyl sites for hydroxylation is 1. The summed E-state index contributed by atoms with van der Waals surface area (Å²) < 4.78 is 9.68. The Balaban J connectivity index is 2.31. The van der Waals surface area contributed by atoms with Gasteiger partial charge in [-0.3, -0.25) is 4.79 Å². The lowest BCUT2D eigenvalue weighted by molar-refractivity contribution is -0.140. The van der Waals surface area contributed by atoms with Crippen molar-refractivity contribution in [2.45, 2.75) is 31.3 Å². The van der Waals surface area contributed by atoms with Crippen LogP contribution in [0.15, 0.2) is 10.8 Å². The van der Waals surface area contributed by atoms with Gasteiger partial charge in [-0.15, -0.1) is 0 Å². The third-order valence-corrected chi connectivity index (χ3v) is 3.21. The average Bonchev–Trinajstić information content (AvgIpc) is 2.61. The minimum absolute atomic E-state index is 0.174. The first-order valence-corrected chi connectivity index (χ1v) is 5.75. The quantitative estimate of drug-likeness (QED) is 0.724. The molecule has 0 aromatic carbocycles. The molecule has 4 nitrogen and oxygen atoms in total. The van der Waals surface area contributed by atoms with E-state index < -0.39 is 0 Å². The Kier molecular flexibility index (Phi) is 4.68. The molecule has 1 atom stereocenters. The lowest BCUT2D eigenvalue weighted by Gasteiger charge is -2.08. The van der Waals surface area contributed by atoms with Gasteiger partial charge in [0.25, 0.3) is 0 Å². The third-order valence-electron chi connectivity index (χ3n) is 2.03.